The standard InChI is InChI=1S/C24H25FN6O/c1-3-18-22(31-11-9-20(25)29-24(31)28-18)23(32)26-13-16-4-6-17(7-5-16)19-14-30-10-8-15(2)12-21(30)27-19/h4-7,9,11,14-15H,3,8,10,12-13H2,1-2H3,(H,26,32). The first-order chi connectivity index (χ1) is 15.5. The van der Waals surface area contributed by atoms with Crippen LogP contribution in [-0.4, -0.2) is 29.8 Å². The van der Waals surface area contributed by atoms with Crippen molar-refractivity contribution in [1.29, 1.82) is 0 Å². The lowest BCUT2D eigenvalue weighted by molar-refractivity contribution is 0.0944. The van der Waals surface area contributed by atoms with Crippen molar-refractivity contribution in [2.24, 2.45) is 5.92 Å². The van der Waals surface area contributed by atoms with Gasteiger partial charge in [0.1, 0.15) is 11.5 Å². The van der Waals surface area contributed by atoms with Crippen LogP contribution in [0.5, 0.6) is 0 Å². The van der Waals surface area contributed by atoms with Gasteiger partial charge in [0.25, 0.3) is 5.91 Å². The van der Waals surface area contributed by atoms with Gasteiger partial charge in [0.2, 0.25) is 11.7 Å². The van der Waals surface area contributed by atoms with E-state index in [1.165, 1.54) is 23.1 Å². The van der Waals surface area contributed by atoms with E-state index in [9.17, 15) is 9.18 Å². The Hall–Kier alpha value is -3.55. The molecule has 0 bridgehead atoms. The van der Waals surface area contributed by atoms with Crippen LogP contribution >= 0.6 is 0 Å². The molecule has 7 nitrogen and oxygen atoms in total. The zero-order valence-corrected chi connectivity index (χ0v) is 18.2. The largest absolute Gasteiger partial charge is 0.347 e. The van der Waals surface area contributed by atoms with Gasteiger partial charge in [-0.05, 0) is 24.3 Å². The number of hydrogen-bond acceptors (Lipinski definition) is 4. The van der Waals surface area contributed by atoms with Gasteiger partial charge in [0.15, 0.2) is 0 Å². The fourth-order valence-corrected chi connectivity index (χ4v) is 4.22. The molecule has 3 aromatic heterocycles. The Morgan fingerprint density at radius 1 is 1.19 bits per heavy atom. The van der Waals surface area contributed by atoms with Crippen LogP contribution in [0, 0.1) is 11.9 Å². The summed E-state index contributed by atoms with van der Waals surface area (Å²) in [5, 5.41) is 2.95. The van der Waals surface area contributed by atoms with Crippen LogP contribution in [0.2, 0.25) is 0 Å². The zero-order chi connectivity index (χ0) is 22.2. The average molecular weight is 433 g/mol. The predicted molar refractivity (Wildman–Crippen MR) is 119 cm³/mol. The Kier molecular flexibility index (Phi) is 5.20. The third-order valence-corrected chi connectivity index (χ3v) is 6.04. The van der Waals surface area contributed by atoms with Gasteiger partial charge < -0.3 is 9.88 Å². The van der Waals surface area contributed by atoms with Crippen LogP contribution in [0.4, 0.5) is 4.39 Å². The van der Waals surface area contributed by atoms with Gasteiger partial charge >= 0.3 is 0 Å². The highest BCUT2D eigenvalue weighted by molar-refractivity contribution is 5.94. The molecule has 1 aromatic carbocycles. The van der Waals surface area contributed by atoms with Crippen LogP contribution in [-0.2, 0) is 25.9 Å². The number of aromatic nitrogens is 5. The van der Waals surface area contributed by atoms with Crippen molar-refractivity contribution in [2.75, 3.05) is 0 Å². The molecule has 0 saturated heterocycles. The topological polar surface area (TPSA) is 77.1 Å². The zero-order valence-electron chi connectivity index (χ0n) is 18.2. The second kappa shape index (κ2) is 8.18. The number of rotatable bonds is 5. The summed E-state index contributed by atoms with van der Waals surface area (Å²) in [7, 11) is 0. The third kappa shape index (κ3) is 3.77. The van der Waals surface area contributed by atoms with Gasteiger partial charge in [-0.3, -0.25) is 9.20 Å². The quantitative estimate of drug-likeness (QED) is 0.487. The number of hydrogen-bond donors (Lipinski definition) is 1. The summed E-state index contributed by atoms with van der Waals surface area (Å²) >= 11 is 0. The summed E-state index contributed by atoms with van der Waals surface area (Å²) in [6, 6.07) is 9.30. The Bertz CT molecular complexity index is 1290. The van der Waals surface area contributed by atoms with E-state index in [1.54, 1.807) is 0 Å². The van der Waals surface area contributed by atoms with E-state index in [4.69, 9.17) is 4.98 Å². The Labute approximate surface area is 185 Å². The number of halogens is 1. The van der Waals surface area contributed by atoms with Gasteiger partial charge in [-0.25, -0.2) is 9.97 Å². The molecule has 32 heavy (non-hydrogen) atoms. The molecule has 0 fully saturated rings. The minimum atomic E-state index is -0.620. The smallest absolute Gasteiger partial charge is 0.270 e. The number of nitrogens with zero attached hydrogens (tertiary/aromatic N) is 5. The maximum absolute atomic E-state index is 13.4. The fraction of sp³-hybridized carbons (Fsp3) is 0.333. The first-order valence-corrected chi connectivity index (χ1v) is 11.0. The SMILES string of the molecule is CCc1nc2nc(F)ccn2c1C(=O)NCc1ccc(-c2cn3c(n2)CC(C)CC3)cc1. The minimum absolute atomic E-state index is 0.188. The van der Waals surface area contributed by atoms with Crippen molar-refractivity contribution < 1.29 is 9.18 Å². The summed E-state index contributed by atoms with van der Waals surface area (Å²) < 4.78 is 17.2. The number of carbonyl (C=O) groups is 1. The van der Waals surface area contributed by atoms with E-state index < -0.39 is 5.95 Å². The molecule has 5 rings (SSSR count). The van der Waals surface area contributed by atoms with Gasteiger partial charge in [-0.1, -0.05) is 38.1 Å². The summed E-state index contributed by atoms with van der Waals surface area (Å²) in [6.45, 7) is 5.58. The lowest BCUT2D eigenvalue weighted by Gasteiger charge is -2.18. The number of nitrogens with one attached hydrogen (secondary N) is 1. The van der Waals surface area contributed by atoms with Crippen molar-refractivity contribution in [3.05, 3.63) is 71.4 Å². The number of amides is 1. The van der Waals surface area contributed by atoms with Crippen LogP contribution in [0.3, 0.4) is 0 Å². The highest BCUT2D eigenvalue weighted by Gasteiger charge is 2.20. The summed E-state index contributed by atoms with van der Waals surface area (Å²) in [4.78, 5) is 25.8. The van der Waals surface area contributed by atoms with E-state index in [1.807, 2.05) is 31.2 Å². The van der Waals surface area contributed by atoms with Gasteiger partial charge in [-0.15, -0.1) is 0 Å². The molecule has 0 aliphatic carbocycles. The number of aryl methyl sites for hydroxylation is 2. The van der Waals surface area contributed by atoms with Crippen molar-refractivity contribution in [2.45, 2.75) is 46.2 Å². The lowest BCUT2D eigenvalue weighted by atomic mass is 10.0. The average Bonchev–Trinajstić information content (AvgIpc) is 3.38. The highest BCUT2D eigenvalue weighted by Crippen LogP contribution is 2.25. The molecule has 1 amide bonds. The molecule has 8 heteroatoms. The van der Waals surface area contributed by atoms with Gasteiger partial charge in [0, 0.05) is 43.5 Å². The monoisotopic (exact) mass is 432 g/mol. The molecule has 1 N–H and O–H groups in total. The van der Waals surface area contributed by atoms with Crippen molar-refractivity contribution in [1.82, 2.24) is 29.2 Å². The minimum Gasteiger partial charge on any atom is -0.347 e. The van der Waals surface area contributed by atoms with E-state index in [0.717, 1.165) is 35.6 Å². The maximum Gasteiger partial charge on any atom is 0.270 e. The molecular formula is C24H25FN6O. The second-order valence-electron chi connectivity index (χ2n) is 8.39. The highest BCUT2D eigenvalue weighted by atomic mass is 19.1. The van der Waals surface area contributed by atoms with Crippen LogP contribution in [0.1, 0.15) is 47.8 Å². The molecule has 1 unspecified atom stereocenters. The van der Waals surface area contributed by atoms with Gasteiger partial charge in [-0.2, -0.15) is 9.37 Å². The van der Waals surface area contributed by atoms with Crippen LogP contribution in [0.25, 0.3) is 17.0 Å². The molecule has 164 valence electrons. The summed E-state index contributed by atoms with van der Waals surface area (Å²) in [5.74, 6) is 1.14. The Morgan fingerprint density at radius 3 is 2.78 bits per heavy atom. The van der Waals surface area contributed by atoms with Crippen molar-refractivity contribution in [3.63, 3.8) is 0 Å². The number of imidazole rings is 2. The molecule has 4 heterocycles. The fourth-order valence-electron chi connectivity index (χ4n) is 4.22. The van der Waals surface area contributed by atoms with Crippen molar-refractivity contribution >= 4 is 11.7 Å². The molecule has 0 radical (unpaired) electrons. The Balaban J connectivity index is 1.30. The van der Waals surface area contributed by atoms with E-state index in [-0.39, 0.29) is 11.7 Å². The number of carbonyl (C=O) groups excluding carboxylic acids is 1. The molecule has 1 atom stereocenters. The van der Waals surface area contributed by atoms with E-state index in [0.29, 0.717) is 30.3 Å². The predicted octanol–water partition coefficient (Wildman–Crippen LogP) is 3.81. The lowest BCUT2D eigenvalue weighted by Crippen LogP contribution is -2.25. The number of benzene rings is 1. The summed E-state index contributed by atoms with van der Waals surface area (Å²) in [6.07, 6.45) is 6.38. The van der Waals surface area contributed by atoms with Crippen LogP contribution < -0.4 is 5.32 Å². The van der Waals surface area contributed by atoms with Crippen LogP contribution in [0.15, 0.2) is 42.7 Å². The second-order valence-corrected chi connectivity index (χ2v) is 8.39. The normalized spacial score (nSPS) is 15.7. The van der Waals surface area contributed by atoms with E-state index >= 15 is 0 Å². The first-order valence-electron chi connectivity index (χ1n) is 11.0. The molecule has 4 aromatic rings. The maximum atomic E-state index is 13.4. The van der Waals surface area contributed by atoms with Crippen molar-refractivity contribution in [3.8, 4) is 11.3 Å². The van der Waals surface area contributed by atoms with E-state index in [2.05, 4.69) is 33.0 Å². The first kappa shape index (κ1) is 20.4. The molecule has 1 aliphatic rings. The molecule has 0 saturated carbocycles. The molecule has 1 aliphatic heterocycles. The Morgan fingerprint density at radius 2 is 2.00 bits per heavy atom. The number of fused-ring (bicyclic) bond motifs is 2. The van der Waals surface area contributed by atoms with Gasteiger partial charge in [0.05, 0.1) is 11.4 Å². The summed E-state index contributed by atoms with van der Waals surface area (Å²) in [5.41, 5.74) is 4.02. The molecular weight excluding hydrogens is 407 g/mol. The third-order valence-electron chi connectivity index (χ3n) is 6.04. The molecule has 0 spiro atoms.